The van der Waals surface area contributed by atoms with Gasteiger partial charge in [-0.2, -0.15) is 0 Å². The normalized spacial score (nSPS) is 20.7. The fourth-order valence-electron chi connectivity index (χ4n) is 1.10. The molecule has 3 N–H and O–H groups in total. The lowest BCUT2D eigenvalue weighted by Crippen LogP contribution is -2.40. The number of hydrogen-bond donors (Lipinski definition) is 2. The average Bonchev–Trinajstić information content (AvgIpc) is 2.72. The molecule has 0 saturated heterocycles. The van der Waals surface area contributed by atoms with Crippen molar-refractivity contribution in [3.05, 3.63) is 0 Å². The lowest BCUT2D eigenvalue weighted by atomic mass is 10.1. The average molecular weight is 164 g/mol. The van der Waals surface area contributed by atoms with Crippen LogP contribution in [0.5, 0.6) is 0 Å². The molecule has 1 fully saturated rings. The van der Waals surface area contributed by atoms with Crippen LogP contribution in [0.2, 0.25) is 0 Å². The zero-order valence-electron chi connectivity index (χ0n) is 6.39. The van der Waals surface area contributed by atoms with Gasteiger partial charge in [-0.1, -0.05) is 12.8 Å². The van der Waals surface area contributed by atoms with Gasteiger partial charge in [-0.25, -0.2) is 8.78 Å². The van der Waals surface area contributed by atoms with Gasteiger partial charge in [-0.05, 0) is 18.8 Å². The van der Waals surface area contributed by atoms with Crippen LogP contribution in [0.25, 0.3) is 0 Å². The quantitative estimate of drug-likeness (QED) is 0.474. The Morgan fingerprint density at radius 2 is 2.09 bits per heavy atom. The Hall–Kier alpha value is -0.220. The largest absolute Gasteiger partial charge is 0.271 e. The second kappa shape index (κ2) is 3.97. The summed E-state index contributed by atoms with van der Waals surface area (Å²) in [5.74, 6) is 5.65. The van der Waals surface area contributed by atoms with Gasteiger partial charge in [0.15, 0.2) is 0 Å². The van der Waals surface area contributed by atoms with E-state index in [9.17, 15) is 8.78 Å². The minimum Gasteiger partial charge on any atom is -0.271 e. The lowest BCUT2D eigenvalue weighted by molar-refractivity contribution is 0.0926. The molecule has 11 heavy (non-hydrogen) atoms. The van der Waals surface area contributed by atoms with Crippen LogP contribution in [-0.2, 0) is 0 Å². The van der Waals surface area contributed by atoms with Gasteiger partial charge in [0, 0.05) is 0 Å². The van der Waals surface area contributed by atoms with E-state index in [1.54, 1.807) is 0 Å². The fraction of sp³-hybridized carbons (Fsp3) is 1.00. The summed E-state index contributed by atoms with van der Waals surface area (Å²) in [7, 11) is 0. The van der Waals surface area contributed by atoms with Gasteiger partial charge in [-0.15, -0.1) is 0 Å². The summed E-state index contributed by atoms with van der Waals surface area (Å²) >= 11 is 0. The third-order valence-electron chi connectivity index (χ3n) is 2.10. The molecule has 0 spiro atoms. The van der Waals surface area contributed by atoms with Crippen LogP contribution in [-0.4, -0.2) is 12.5 Å². The summed E-state index contributed by atoms with van der Waals surface area (Å²) in [5, 5.41) is 0. The van der Waals surface area contributed by atoms with Crippen LogP contribution in [0.3, 0.4) is 0 Å². The van der Waals surface area contributed by atoms with E-state index in [-0.39, 0.29) is 0 Å². The minimum atomic E-state index is -2.33. The van der Waals surface area contributed by atoms with E-state index < -0.39 is 12.5 Å². The van der Waals surface area contributed by atoms with Crippen molar-refractivity contribution in [1.82, 2.24) is 5.43 Å². The Morgan fingerprint density at radius 1 is 1.45 bits per heavy atom. The number of hydrazine groups is 1. The molecule has 1 saturated carbocycles. The van der Waals surface area contributed by atoms with E-state index in [1.807, 2.05) is 0 Å². The predicted octanol–water partition coefficient (Wildman–Crippen LogP) is 1.27. The van der Waals surface area contributed by atoms with Crippen LogP contribution in [0.4, 0.5) is 8.78 Å². The maximum Gasteiger partial charge on any atom is 0.255 e. The molecule has 1 rings (SSSR count). The Labute approximate surface area is 65.1 Å². The van der Waals surface area contributed by atoms with Crippen molar-refractivity contribution in [3.8, 4) is 0 Å². The maximum absolute atomic E-state index is 12.0. The number of nitrogens with two attached hydrogens (primary N) is 1. The van der Waals surface area contributed by atoms with Crippen LogP contribution < -0.4 is 11.3 Å². The second-order valence-corrected chi connectivity index (χ2v) is 3.13. The third kappa shape index (κ3) is 3.12. The highest BCUT2D eigenvalue weighted by molar-refractivity contribution is 4.76. The standard InChI is InChI=1S/C7H14F2N2/c8-7(9)6(11-10)4-3-5-1-2-5/h5-7,11H,1-4,10H2. The Balaban J connectivity index is 2.08. The Morgan fingerprint density at radius 3 is 2.45 bits per heavy atom. The van der Waals surface area contributed by atoms with Crippen LogP contribution in [0.15, 0.2) is 0 Å². The summed E-state index contributed by atoms with van der Waals surface area (Å²) in [6.07, 6.45) is 1.47. The number of nitrogens with one attached hydrogen (secondary N) is 1. The maximum atomic E-state index is 12.0. The van der Waals surface area contributed by atoms with E-state index in [0.29, 0.717) is 12.3 Å². The van der Waals surface area contributed by atoms with Crippen molar-refractivity contribution in [3.63, 3.8) is 0 Å². The number of rotatable bonds is 5. The van der Waals surface area contributed by atoms with E-state index in [1.165, 1.54) is 12.8 Å². The van der Waals surface area contributed by atoms with Gasteiger partial charge < -0.3 is 0 Å². The van der Waals surface area contributed by atoms with Gasteiger partial charge in [0.25, 0.3) is 6.43 Å². The second-order valence-electron chi connectivity index (χ2n) is 3.13. The fourth-order valence-corrected chi connectivity index (χ4v) is 1.10. The van der Waals surface area contributed by atoms with Gasteiger partial charge in [0.05, 0.1) is 6.04 Å². The molecule has 0 amide bonds. The van der Waals surface area contributed by atoms with Gasteiger partial charge in [0.2, 0.25) is 0 Å². The van der Waals surface area contributed by atoms with Crippen LogP contribution in [0.1, 0.15) is 25.7 Å². The number of alkyl halides is 2. The van der Waals surface area contributed by atoms with E-state index in [0.717, 1.165) is 6.42 Å². The van der Waals surface area contributed by atoms with Crippen LogP contribution >= 0.6 is 0 Å². The Bertz CT molecular complexity index is 115. The summed E-state index contributed by atoms with van der Waals surface area (Å²) in [6, 6.07) is -0.810. The van der Waals surface area contributed by atoms with Gasteiger partial charge in [0.1, 0.15) is 0 Å². The van der Waals surface area contributed by atoms with E-state index >= 15 is 0 Å². The lowest BCUT2D eigenvalue weighted by Gasteiger charge is -2.13. The first kappa shape index (κ1) is 8.87. The molecular weight excluding hydrogens is 150 g/mol. The number of hydrogen-bond acceptors (Lipinski definition) is 2. The molecule has 0 aliphatic heterocycles. The number of halogens is 2. The summed E-state index contributed by atoms with van der Waals surface area (Å²) < 4.78 is 24.1. The van der Waals surface area contributed by atoms with Crippen LogP contribution in [0, 0.1) is 5.92 Å². The summed E-state index contributed by atoms with van der Waals surface area (Å²) in [5.41, 5.74) is 2.13. The highest BCUT2D eigenvalue weighted by Gasteiger charge is 2.25. The molecule has 0 aromatic carbocycles. The topological polar surface area (TPSA) is 38.0 Å². The molecule has 1 aliphatic carbocycles. The first-order chi connectivity index (χ1) is 5.24. The molecule has 1 aliphatic rings. The zero-order valence-corrected chi connectivity index (χ0v) is 6.39. The highest BCUT2D eigenvalue weighted by Crippen LogP contribution is 2.34. The molecule has 1 atom stereocenters. The van der Waals surface area contributed by atoms with Crippen molar-refractivity contribution < 1.29 is 8.78 Å². The first-order valence-corrected chi connectivity index (χ1v) is 3.98. The van der Waals surface area contributed by atoms with Crippen molar-refractivity contribution >= 4 is 0 Å². The smallest absolute Gasteiger partial charge is 0.255 e. The molecule has 1 unspecified atom stereocenters. The zero-order chi connectivity index (χ0) is 8.27. The molecule has 0 radical (unpaired) electrons. The molecule has 0 aromatic heterocycles. The SMILES string of the molecule is NNC(CCC1CC1)C(F)F. The predicted molar refractivity (Wildman–Crippen MR) is 39.1 cm³/mol. The van der Waals surface area contributed by atoms with Gasteiger partial charge in [-0.3, -0.25) is 11.3 Å². The monoisotopic (exact) mass is 164 g/mol. The van der Waals surface area contributed by atoms with Crippen molar-refractivity contribution in [2.75, 3.05) is 0 Å². The molecule has 0 heterocycles. The van der Waals surface area contributed by atoms with Crippen molar-refractivity contribution in [2.24, 2.45) is 11.8 Å². The third-order valence-corrected chi connectivity index (χ3v) is 2.10. The summed E-state index contributed by atoms with van der Waals surface area (Å²) in [6.45, 7) is 0. The van der Waals surface area contributed by atoms with Gasteiger partial charge >= 0.3 is 0 Å². The molecule has 0 aromatic rings. The van der Waals surface area contributed by atoms with E-state index in [2.05, 4.69) is 5.43 Å². The summed E-state index contributed by atoms with van der Waals surface area (Å²) in [4.78, 5) is 0. The van der Waals surface area contributed by atoms with Crippen molar-refractivity contribution in [1.29, 1.82) is 0 Å². The minimum absolute atomic E-state index is 0.499. The molecule has 0 bridgehead atoms. The van der Waals surface area contributed by atoms with E-state index in [4.69, 9.17) is 5.84 Å². The molecular formula is C7H14F2N2. The Kier molecular flexibility index (Phi) is 3.20. The molecule has 66 valence electrons. The first-order valence-electron chi connectivity index (χ1n) is 3.98. The highest BCUT2D eigenvalue weighted by atomic mass is 19.3. The molecule has 4 heteroatoms. The molecule has 2 nitrogen and oxygen atoms in total. The van der Waals surface area contributed by atoms with Crippen molar-refractivity contribution in [2.45, 2.75) is 38.2 Å².